The van der Waals surface area contributed by atoms with E-state index < -0.39 is 5.97 Å². The predicted octanol–water partition coefficient (Wildman–Crippen LogP) is 1.84. The number of aliphatic carboxylic acids is 1. The van der Waals surface area contributed by atoms with Gasteiger partial charge in [-0.1, -0.05) is 24.3 Å². The summed E-state index contributed by atoms with van der Waals surface area (Å²) in [5, 5.41) is 14.0. The molecular formula is C14H18N2O3. The van der Waals surface area contributed by atoms with Crippen molar-refractivity contribution in [1.82, 2.24) is 10.6 Å². The summed E-state index contributed by atoms with van der Waals surface area (Å²) in [6.07, 6.45) is 2.96. The van der Waals surface area contributed by atoms with Gasteiger partial charge in [-0.25, -0.2) is 4.79 Å². The normalized spacial score (nSPS) is 17.4. The zero-order chi connectivity index (χ0) is 13.7. The number of fused-ring (bicyclic) bond motifs is 1. The van der Waals surface area contributed by atoms with Crippen molar-refractivity contribution in [3.8, 4) is 0 Å². The molecule has 5 heteroatoms. The molecule has 1 atom stereocenters. The van der Waals surface area contributed by atoms with Crippen molar-refractivity contribution in [3.63, 3.8) is 0 Å². The van der Waals surface area contributed by atoms with Gasteiger partial charge in [0.2, 0.25) is 0 Å². The van der Waals surface area contributed by atoms with E-state index in [-0.39, 0.29) is 25.0 Å². The molecule has 2 rings (SSSR count). The number of nitrogens with one attached hydrogen (secondary N) is 2. The van der Waals surface area contributed by atoms with Crippen molar-refractivity contribution in [2.24, 2.45) is 0 Å². The van der Waals surface area contributed by atoms with E-state index in [9.17, 15) is 9.59 Å². The first-order valence-corrected chi connectivity index (χ1v) is 6.51. The summed E-state index contributed by atoms with van der Waals surface area (Å²) in [5.74, 6) is -0.914. The molecule has 0 heterocycles. The second kappa shape index (κ2) is 6.22. The second-order valence-electron chi connectivity index (χ2n) is 4.69. The van der Waals surface area contributed by atoms with Gasteiger partial charge in [-0.15, -0.1) is 0 Å². The van der Waals surface area contributed by atoms with Crippen LogP contribution in [0, 0.1) is 0 Å². The van der Waals surface area contributed by atoms with Crippen LogP contribution in [0.2, 0.25) is 0 Å². The molecule has 1 aliphatic carbocycles. The Morgan fingerprint density at radius 3 is 2.89 bits per heavy atom. The number of amides is 2. The van der Waals surface area contributed by atoms with Gasteiger partial charge >= 0.3 is 12.0 Å². The molecule has 3 N–H and O–H groups in total. The molecule has 1 aliphatic rings. The van der Waals surface area contributed by atoms with E-state index in [4.69, 9.17) is 5.11 Å². The number of rotatable bonds is 4. The summed E-state index contributed by atoms with van der Waals surface area (Å²) in [7, 11) is 0. The van der Waals surface area contributed by atoms with Gasteiger partial charge in [0.1, 0.15) is 0 Å². The Labute approximate surface area is 112 Å². The van der Waals surface area contributed by atoms with Crippen LogP contribution >= 0.6 is 0 Å². The van der Waals surface area contributed by atoms with E-state index in [1.165, 1.54) is 11.1 Å². The van der Waals surface area contributed by atoms with Crippen LogP contribution in [0.3, 0.4) is 0 Å². The van der Waals surface area contributed by atoms with Crippen molar-refractivity contribution >= 4 is 12.0 Å². The maximum atomic E-state index is 11.7. The lowest BCUT2D eigenvalue weighted by molar-refractivity contribution is -0.136. The molecule has 2 amide bonds. The lowest BCUT2D eigenvalue weighted by Crippen LogP contribution is -2.39. The van der Waals surface area contributed by atoms with E-state index >= 15 is 0 Å². The molecule has 0 aliphatic heterocycles. The number of carbonyl (C=O) groups excluding carboxylic acids is 1. The average Bonchev–Trinajstić information content (AvgIpc) is 2.39. The Bertz CT molecular complexity index is 474. The van der Waals surface area contributed by atoms with Crippen LogP contribution in [0.1, 0.15) is 36.4 Å². The third-order valence-corrected chi connectivity index (χ3v) is 3.30. The standard InChI is InChI=1S/C14H18N2O3/c17-13(18)8-9-15-14(19)16-12-7-3-5-10-4-1-2-6-11(10)12/h1-2,4,6,12H,3,5,7-9H2,(H,17,18)(H2,15,16,19). The summed E-state index contributed by atoms with van der Waals surface area (Å²) < 4.78 is 0. The Morgan fingerprint density at radius 2 is 2.11 bits per heavy atom. The maximum Gasteiger partial charge on any atom is 0.315 e. The topological polar surface area (TPSA) is 78.4 Å². The van der Waals surface area contributed by atoms with Crippen LogP contribution in [0.5, 0.6) is 0 Å². The monoisotopic (exact) mass is 262 g/mol. The third kappa shape index (κ3) is 3.71. The lowest BCUT2D eigenvalue weighted by Gasteiger charge is -2.26. The van der Waals surface area contributed by atoms with Gasteiger partial charge in [-0.2, -0.15) is 0 Å². The van der Waals surface area contributed by atoms with Gasteiger partial charge in [-0.05, 0) is 30.4 Å². The van der Waals surface area contributed by atoms with Gasteiger partial charge in [0, 0.05) is 6.54 Å². The largest absolute Gasteiger partial charge is 0.481 e. The first-order chi connectivity index (χ1) is 9.16. The van der Waals surface area contributed by atoms with Crippen molar-refractivity contribution in [3.05, 3.63) is 35.4 Å². The number of aryl methyl sites for hydroxylation is 1. The molecule has 1 unspecified atom stereocenters. The molecule has 1 aromatic carbocycles. The quantitative estimate of drug-likeness (QED) is 0.774. The zero-order valence-electron chi connectivity index (χ0n) is 10.7. The molecule has 0 spiro atoms. The average molecular weight is 262 g/mol. The third-order valence-electron chi connectivity index (χ3n) is 3.30. The molecule has 0 fully saturated rings. The van der Waals surface area contributed by atoms with Crippen molar-refractivity contribution in [2.45, 2.75) is 31.7 Å². The van der Waals surface area contributed by atoms with Gasteiger partial charge < -0.3 is 15.7 Å². The molecule has 0 saturated heterocycles. The van der Waals surface area contributed by atoms with Crippen LogP contribution in [-0.4, -0.2) is 23.7 Å². The van der Waals surface area contributed by atoms with Crippen LogP contribution < -0.4 is 10.6 Å². The molecule has 0 bridgehead atoms. The fourth-order valence-corrected chi connectivity index (χ4v) is 2.40. The smallest absolute Gasteiger partial charge is 0.315 e. The molecule has 19 heavy (non-hydrogen) atoms. The fraction of sp³-hybridized carbons (Fsp3) is 0.429. The number of benzene rings is 1. The summed E-state index contributed by atoms with van der Waals surface area (Å²) in [4.78, 5) is 22.1. The summed E-state index contributed by atoms with van der Waals surface area (Å²) in [5.41, 5.74) is 2.45. The van der Waals surface area contributed by atoms with Crippen molar-refractivity contribution in [1.29, 1.82) is 0 Å². The minimum absolute atomic E-state index is 0.0229. The Balaban J connectivity index is 1.90. The SMILES string of the molecule is O=C(O)CCNC(=O)NC1CCCc2ccccc21. The fourth-order valence-electron chi connectivity index (χ4n) is 2.40. The van der Waals surface area contributed by atoms with Crippen LogP contribution in [0.25, 0.3) is 0 Å². The Kier molecular flexibility index (Phi) is 4.39. The van der Waals surface area contributed by atoms with Gasteiger partial charge in [0.25, 0.3) is 0 Å². The number of carboxylic acids is 1. The Morgan fingerprint density at radius 1 is 1.32 bits per heavy atom. The molecule has 5 nitrogen and oxygen atoms in total. The highest BCUT2D eigenvalue weighted by Crippen LogP contribution is 2.29. The molecular weight excluding hydrogens is 244 g/mol. The van der Waals surface area contributed by atoms with E-state index in [1.54, 1.807) is 0 Å². The van der Waals surface area contributed by atoms with Crippen molar-refractivity contribution < 1.29 is 14.7 Å². The highest BCUT2D eigenvalue weighted by Gasteiger charge is 2.21. The summed E-state index contributed by atoms with van der Waals surface area (Å²) in [6.45, 7) is 0.148. The van der Waals surface area contributed by atoms with E-state index in [0.717, 1.165) is 19.3 Å². The molecule has 0 aromatic heterocycles. The van der Waals surface area contributed by atoms with Gasteiger partial charge in [0.05, 0.1) is 12.5 Å². The second-order valence-corrected chi connectivity index (χ2v) is 4.69. The first kappa shape index (κ1) is 13.4. The van der Waals surface area contributed by atoms with Crippen LogP contribution in [-0.2, 0) is 11.2 Å². The lowest BCUT2D eigenvalue weighted by atomic mass is 9.88. The number of urea groups is 1. The highest BCUT2D eigenvalue weighted by molar-refractivity contribution is 5.75. The summed E-state index contributed by atoms with van der Waals surface area (Å²) in [6, 6.07) is 7.83. The molecule has 0 radical (unpaired) electrons. The zero-order valence-corrected chi connectivity index (χ0v) is 10.7. The van der Waals surface area contributed by atoms with Crippen molar-refractivity contribution in [2.75, 3.05) is 6.54 Å². The molecule has 1 aromatic rings. The van der Waals surface area contributed by atoms with E-state index in [2.05, 4.69) is 16.7 Å². The molecule has 0 saturated carbocycles. The number of hydrogen-bond donors (Lipinski definition) is 3. The van der Waals surface area contributed by atoms with Gasteiger partial charge in [0.15, 0.2) is 0 Å². The van der Waals surface area contributed by atoms with E-state index in [0.29, 0.717) is 0 Å². The predicted molar refractivity (Wildman–Crippen MR) is 70.9 cm³/mol. The summed E-state index contributed by atoms with van der Waals surface area (Å²) >= 11 is 0. The first-order valence-electron chi connectivity index (χ1n) is 6.51. The maximum absolute atomic E-state index is 11.7. The number of carbonyl (C=O) groups is 2. The number of hydrogen-bond acceptors (Lipinski definition) is 2. The minimum Gasteiger partial charge on any atom is -0.481 e. The Hall–Kier alpha value is -2.04. The molecule has 102 valence electrons. The number of carboxylic acid groups (broad SMARTS) is 1. The van der Waals surface area contributed by atoms with Crippen LogP contribution in [0.4, 0.5) is 4.79 Å². The minimum atomic E-state index is -0.914. The van der Waals surface area contributed by atoms with Gasteiger partial charge in [-0.3, -0.25) is 4.79 Å². The highest BCUT2D eigenvalue weighted by atomic mass is 16.4. The van der Waals surface area contributed by atoms with Crippen LogP contribution in [0.15, 0.2) is 24.3 Å². The van der Waals surface area contributed by atoms with E-state index in [1.807, 2.05) is 18.2 Å².